The predicted molar refractivity (Wildman–Crippen MR) is 127 cm³/mol. The van der Waals surface area contributed by atoms with Crippen LogP contribution in [-0.4, -0.2) is 23.3 Å². The van der Waals surface area contributed by atoms with E-state index in [-0.39, 0.29) is 11.3 Å². The van der Waals surface area contributed by atoms with Crippen molar-refractivity contribution in [1.29, 1.82) is 0 Å². The summed E-state index contributed by atoms with van der Waals surface area (Å²) in [6.07, 6.45) is 4.31. The van der Waals surface area contributed by atoms with Crippen LogP contribution in [0.1, 0.15) is 55.9 Å². The molecule has 0 radical (unpaired) electrons. The fraction of sp³-hybridized carbons (Fsp3) is 0.480. The molecule has 162 valence electrons. The van der Waals surface area contributed by atoms with Gasteiger partial charge in [-0.05, 0) is 89.8 Å². The first-order valence-corrected chi connectivity index (χ1v) is 12.2. The molecule has 0 saturated carbocycles. The lowest BCUT2D eigenvalue weighted by Crippen LogP contribution is -2.23. The van der Waals surface area contributed by atoms with Gasteiger partial charge in [0.2, 0.25) is 5.91 Å². The van der Waals surface area contributed by atoms with E-state index in [1.54, 1.807) is 6.26 Å². The molecule has 30 heavy (non-hydrogen) atoms. The second-order valence-electron chi connectivity index (χ2n) is 9.65. The summed E-state index contributed by atoms with van der Waals surface area (Å²) < 4.78 is 11.8. The first-order chi connectivity index (χ1) is 14.0. The van der Waals surface area contributed by atoms with Crippen LogP contribution in [0.3, 0.4) is 0 Å². The van der Waals surface area contributed by atoms with Crippen molar-refractivity contribution in [3.63, 3.8) is 0 Å². The molecular weight excluding hydrogens is 392 g/mol. The largest absolute Gasteiger partial charge is 0.612 e. The molecule has 2 aromatic rings. The molecule has 0 aromatic heterocycles. The maximum Gasteiger partial charge on any atom is 0.224 e. The van der Waals surface area contributed by atoms with Crippen LogP contribution >= 0.6 is 0 Å². The topological polar surface area (TPSA) is 55.4 Å². The van der Waals surface area contributed by atoms with Gasteiger partial charge in [-0.2, -0.15) is 0 Å². The van der Waals surface area contributed by atoms with Crippen molar-refractivity contribution in [2.24, 2.45) is 5.41 Å². The van der Waals surface area contributed by atoms with E-state index in [4.69, 9.17) is 0 Å². The molecule has 0 fully saturated rings. The predicted octanol–water partition coefficient (Wildman–Crippen LogP) is 5.37. The van der Waals surface area contributed by atoms with E-state index in [0.717, 1.165) is 47.6 Å². The zero-order chi connectivity index (χ0) is 22.1. The molecule has 4 nitrogen and oxygen atoms in total. The van der Waals surface area contributed by atoms with Crippen molar-refractivity contribution < 1.29 is 9.35 Å². The Labute approximate surface area is 184 Å². The fourth-order valence-corrected chi connectivity index (χ4v) is 4.69. The summed E-state index contributed by atoms with van der Waals surface area (Å²) in [6.45, 7) is 12.2. The SMILES string of the molecule is Cc1cc(N2CCCc3cc([S+](C)[O-])ccc3C2)cc(C)c1NC(=O)CC(C)(C)C. The van der Waals surface area contributed by atoms with Crippen molar-refractivity contribution in [3.05, 3.63) is 52.6 Å². The van der Waals surface area contributed by atoms with Gasteiger partial charge >= 0.3 is 0 Å². The highest BCUT2D eigenvalue weighted by Gasteiger charge is 2.20. The van der Waals surface area contributed by atoms with E-state index in [1.165, 1.54) is 16.8 Å². The number of amides is 1. The Bertz CT molecular complexity index is 908. The molecule has 2 aromatic carbocycles. The van der Waals surface area contributed by atoms with Crippen LogP contribution in [0.15, 0.2) is 35.2 Å². The van der Waals surface area contributed by atoms with Gasteiger partial charge in [0.15, 0.2) is 4.90 Å². The molecule has 1 N–H and O–H groups in total. The van der Waals surface area contributed by atoms with Gasteiger partial charge in [-0.1, -0.05) is 26.8 Å². The van der Waals surface area contributed by atoms with Crippen LogP contribution < -0.4 is 10.2 Å². The average Bonchev–Trinajstić information content (AvgIpc) is 2.84. The number of carbonyl (C=O) groups is 1. The molecule has 0 spiro atoms. The van der Waals surface area contributed by atoms with Crippen molar-refractivity contribution in [3.8, 4) is 0 Å². The second kappa shape index (κ2) is 9.03. The Morgan fingerprint density at radius 3 is 2.40 bits per heavy atom. The third-order valence-corrected chi connectivity index (χ3v) is 6.50. The Morgan fingerprint density at radius 2 is 1.80 bits per heavy atom. The van der Waals surface area contributed by atoms with Crippen molar-refractivity contribution >= 4 is 28.5 Å². The smallest absolute Gasteiger partial charge is 0.224 e. The summed E-state index contributed by atoms with van der Waals surface area (Å²) in [6, 6.07) is 10.6. The Kier molecular flexibility index (Phi) is 6.83. The molecule has 1 aliphatic heterocycles. The van der Waals surface area contributed by atoms with Crippen molar-refractivity contribution in [2.45, 2.75) is 65.3 Å². The highest BCUT2D eigenvalue weighted by atomic mass is 32.2. The quantitative estimate of drug-likeness (QED) is 0.669. The molecule has 0 bridgehead atoms. The van der Waals surface area contributed by atoms with Crippen LogP contribution in [0.4, 0.5) is 11.4 Å². The molecule has 1 unspecified atom stereocenters. The van der Waals surface area contributed by atoms with Crippen LogP contribution in [0.5, 0.6) is 0 Å². The highest BCUT2D eigenvalue weighted by Crippen LogP contribution is 2.31. The summed E-state index contributed by atoms with van der Waals surface area (Å²) in [7, 11) is 0. The number of carbonyl (C=O) groups excluding carboxylic acids is 1. The summed E-state index contributed by atoms with van der Waals surface area (Å²) in [5.41, 5.74) is 6.88. The second-order valence-corrected chi connectivity index (χ2v) is 11.0. The van der Waals surface area contributed by atoms with Crippen LogP contribution in [0.25, 0.3) is 0 Å². The number of anilines is 2. The van der Waals surface area contributed by atoms with E-state index < -0.39 is 11.2 Å². The van der Waals surface area contributed by atoms with Gasteiger partial charge in [-0.25, -0.2) is 0 Å². The van der Waals surface area contributed by atoms with Crippen molar-refractivity contribution in [1.82, 2.24) is 0 Å². The third kappa shape index (κ3) is 5.58. The van der Waals surface area contributed by atoms with Crippen LogP contribution in [0, 0.1) is 19.3 Å². The molecular formula is C25H34N2O2S. The lowest BCUT2D eigenvalue weighted by molar-refractivity contribution is -0.117. The number of hydrogen-bond acceptors (Lipinski definition) is 3. The normalized spacial score (nSPS) is 15.4. The minimum atomic E-state index is -0.946. The number of benzene rings is 2. The van der Waals surface area contributed by atoms with Gasteiger partial charge in [-0.3, -0.25) is 4.79 Å². The molecule has 1 atom stereocenters. The van der Waals surface area contributed by atoms with Gasteiger partial charge in [-0.15, -0.1) is 0 Å². The molecule has 0 aliphatic carbocycles. The van der Waals surface area contributed by atoms with Gasteiger partial charge in [0.05, 0.1) is 0 Å². The standard InChI is InChI=1S/C25H34N2O2S/c1-17-12-21(13-18(2)24(17)26-23(28)15-25(3,4)5)27-11-7-8-19-14-22(30(6)29)10-9-20(19)16-27/h9-10,12-14H,7-8,11,15-16H2,1-6H3,(H,26,28). The maximum atomic E-state index is 12.4. The lowest BCUT2D eigenvalue weighted by atomic mass is 9.92. The minimum absolute atomic E-state index is 0.0322. The van der Waals surface area contributed by atoms with Gasteiger partial charge in [0, 0.05) is 30.9 Å². The first kappa shape index (κ1) is 22.7. The highest BCUT2D eigenvalue weighted by molar-refractivity contribution is 7.90. The van der Waals surface area contributed by atoms with E-state index in [0.29, 0.717) is 6.42 Å². The summed E-state index contributed by atoms with van der Waals surface area (Å²) >= 11 is -0.946. The minimum Gasteiger partial charge on any atom is -0.612 e. The van der Waals surface area contributed by atoms with Crippen molar-refractivity contribution in [2.75, 3.05) is 23.0 Å². The zero-order valence-electron chi connectivity index (χ0n) is 19.1. The Balaban J connectivity index is 1.81. The first-order valence-electron chi connectivity index (χ1n) is 10.6. The summed E-state index contributed by atoms with van der Waals surface area (Å²) in [4.78, 5) is 15.8. The number of nitrogens with one attached hydrogen (secondary N) is 1. The molecule has 1 aliphatic rings. The average molecular weight is 427 g/mol. The molecule has 1 heterocycles. The number of nitrogens with zero attached hydrogens (tertiary/aromatic N) is 1. The number of fused-ring (bicyclic) bond motifs is 1. The van der Waals surface area contributed by atoms with E-state index >= 15 is 0 Å². The van der Waals surface area contributed by atoms with Gasteiger partial charge in [0.1, 0.15) is 6.26 Å². The zero-order valence-corrected chi connectivity index (χ0v) is 19.9. The Morgan fingerprint density at radius 1 is 1.13 bits per heavy atom. The fourth-order valence-electron chi connectivity index (χ4n) is 4.12. The summed E-state index contributed by atoms with van der Waals surface area (Å²) in [5, 5.41) is 3.12. The lowest BCUT2D eigenvalue weighted by Gasteiger charge is -2.26. The Hall–Kier alpha value is -1.98. The molecule has 1 amide bonds. The van der Waals surface area contributed by atoms with Crippen LogP contribution in [-0.2, 0) is 28.9 Å². The summed E-state index contributed by atoms with van der Waals surface area (Å²) in [5.74, 6) is 0.0641. The molecule has 0 saturated heterocycles. The van der Waals surface area contributed by atoms with E-state index in [1.807, 2.05) is 6.07 Å². The van der Waals surface area contributed by atoms with E-state index in [2.05, 4.69) is 69.1 Å². The monoisotopic (exact) mass is 426 g/mol. The number of rotatable bonds is 4. The molecule has 5 heteroatoms. The van der Waals surface area contributed by atoms with Gasteiger partial charge in [0.25, 0.3) is 0 Å². The number of aryl methyl sites for hydroxylation is 3. The van der Waals surface area contributed by atoms with E-state index in [9.17, 15) is 9.35 Å². The third-order valence-electron chi connectivity index (χ3n) is 5.58. The molecule has 3 rings (SSSR count). The van der Waals surface area contributed by atoms with Crippen LogP contribution in [0.2, 0.25) is 0 Å². The maximum absolute atomic E-state index is 12.4. The van der Waals surface area contributed by atoms with Gasteiger partial charge < -0.3 is 14.8 Å². The number of hydrogen-bond donors (Lipinski definition) is 1.